The summed E-state index contributed by atoms with van der Waals surface area (Å²) in [6.45, 7) is 3.60. The Morgan fingerprint density at radius 3 is 2.42 bits per heavy atom. The molecule has 1 saturated heterocycles. The number of amides is 1. The minimum atomic E-state index is -4.43. The van der Waals surface area contributed by atoms with Crippen LogP contribution in [0.2, 0.25) is 0 Å². The number of anilines is 1. The van der Waals surface area contributed by atoms with E-state index in [4.69, 9.17) is 0 Å². The van der Waals surface area contributed by atoms with Gasteiger partial charge in [0.2, 0.25) is 5.91 Å². The number of hydrogen-bond donors (Lipinski definition) is 0. The molecule has 0 aliphatic carbocycles. The van der Waals surface area contributed by atoms with Crippen LogP contribution in [-0.4, -0.2) is 42.0 Å². The van der Waals surface area contributed by atoms with E-state index in [1.807, 2.05) is 4.90 Å². The van der Waals surface area contributed by atoms with Crippen LogP contribution >= 0.6 is 0 Å². The van der Waals surface area contributed by atoms with E-state index in [1.165, 1.54) is 6.92 Å². The lowest BCUT2D eigenvalue weighted by atomic mass is 10.2. The maximum absolute atomic E-state index is 12.6. The second kappa shape index (κ2) is 5.07. The second-order valence-corrected chi connectivity index (χ2v) is 4.39. The monoisotopic (exact) mass is 273 g/mol. The summed E-state index contributed by atoms with van der Waals surface area (Å²) < 4.78 is 37.7. The van der Waals surface area contributed by atoms with Crippen molar-refractivity contribution in [3.05, 3.63) is 24.0 Å². The second-order valence-electron chi connectivity index (χ2n) is 4.39. The van der Waals surface area contributed by atoms with Crippen molar-refractivity contribution in [3.8, 4) is 0 Å². The number of alkyl halides is 3. The first kappa shape index (κ1) is 13.6. The number of hydrogen-bond acceptors (Lipinski definition) is 3. The molecule has 1 amide bonds. The van der Waals surface area contributed by atoms with Crippen molar-refractivity contribution < 1.29 is 18.0 Å². The van der Waals surface area contributed by atoms with E-state index in [-0.39, 0.29) is 5.91 Å². The van der Waals surface area contributed by atoms with Gasteiger partial charge in [0.05, 0.1) is 0 Å². The molecule has 7 heteroatoms. The van der Waals surface area contributed by atoms with Crippen LogP contribution in [0.15, 0.2) is 18.3 Å². The van der Waals surface area contributed by atoms with Gasteiger partial charge >= 0.3 is 6.18 Å². The number of carbonyl (C=O) groups is 1. The maximum Gasteiger partial charge on any atom is 0.433 e. The molecule has 1 aliphatic heterocycles. The van der Waals surface area contributed by atoms with Crippen molar-refractivity contribution in [2.75, 3.05) is 31.1 Å². The van der Waals surface area contributed by atoms with Crippen LogP contribution in [0.25, 0.3) is 0 Å². The SMILES string of the molecule is CC(=O)N1CCN(c2ccnc(C(F)(F)F)c2)CC1. The van der Waals surface area contributed by atoms with Gasteiger partial charge in [-0.1, -0.05) is 0 Å². The number of pyridine rings is 1. The van der Waals surface area contributed by atoms with Crippen molar-refractivity contribution >= 4 is 11.6 Å². The van der Waals surface area contributed by atoms with E-state index >= 15 is 0 Å². The molecule has 19 heavy (non-hydrogen) atoms. The summed E-state index contributed by atoms with van der Waals surface area (Å²) in [5, 5.41) is 0. The zero-order chi connectivity index (χ0) is 14.0. The van der Waals surface area contributed by atoms with Gasteiger partial charge in [0, 0.05) is 45.0 Å². The summed E-state index contributed by atoms with van der Waals surface area (Å²) in [5.74, 6) is -0.00893. The van der Waals surface area contributed by atoms with Gasteiger partial charge in [-0.05, 0) is 12.1 Å². The first-order valence-electron chi connectivity index (χ1n) is 5.91. The number of aromatic nitrogens is 1. The summed E-state index contributed by atoms with van der Waals surface area (Å²) in [4.78, 5) is 18.0. The summed E-state index contributed by atoms with van der Waals surface area (Å²) >= 11 is 0. The largest absolute Gasteiger partial charge is 0.433 e. The Morgan fingerprint density at radius 1 is 1.26 bits per heavy atom. The highest BCUT2D eigenvalue weighted by molar-refractivity contribution is 5.73. The number of piperazine rings is 1. The molecule has 2 rings (SSSR count). The highest BCUT2D eigenvalue weighted by Crippen LogP contribution is 2.30. The van der Waals surface area contributed by atoms with Crippen molar-refractivity contribution in [3.63, 3.8) is 0 Å². The summed E-state index contributed by atoms with van der Waals surface area (Å²) in [5.41, 5.74) is -0.399. The van der Waals surface area contributed by atoms with Crippen molar-refractivity contribution in [2.45, 2.75) is 13.1 Å². The fourth-order valence-electron chi connectivity index (χ4n) is 2.05. The molecule has 1 aromatic rings. The Hall–Kier alpha value is -1.79. The number of halogens is 3. The quantitative estimate of drug-likeness (QED) is 0.782. The first-order chi connectivity index (χ1) is 8.88. The van der Waals surface area contributed by atoms with Gasteiger partial charge in [0.25, 0.3) is 0 Å². The highest BCUT2D eigenvalue weighted by Gasteiger charge is 2.33. The highest BCUT2D eigenvalue weighted by atomic mass is 19.4. The molecule has 1 aliphatic rings. The van der Waals surface area contributed by atoms with Gasteiger partial charge in [-0.3, -0.25) is 9.78 Å². The molecule has 1 aromatic heterocycles. The van der Waals surface area contributed by atoms with E-state index in [0.29, 0.717) is 31.9 Å². The molecule has 0 aromatic carbocycles. The van der Waals surface area contributed by atoms with E-state index in [2.05, 4.69) is 4.98 Å². The van der Waals surface area contributed by atoms with Crippen LogP contribution in [0.4, 0.5) is 18.9 Å². The van der Waals surface area contributed by atoms with Crippen LogP contribution in [0.3, 0.4) is 0 Å². The Morgan fingerprint density at radius 2 is 1.89 bits per heavy atom. The van der Waals surface area contributed by atoms with Crippen molar-refractivity contribution in [1.82, 2.24) is 9.88 Å². The van der Waals surface area contributed by atoms with E-state index in [0.717, 1.165) is 12.3 Å². The average Bonchev–Trinajstić information content (AvgIpc) is 2.38. The lowest BCUT2D eigenvalue weighted by molar-refractivity contribution is -0.141. The third-order valence-corrected chi connectivity index (χ3v) is 3.12. The molecule has 2 heterocycles. The predicted octanol–water partition coefficient (Wildman–Crippen LogP) is 1.77. The third kappa shape index (κ3) is 3.15. The Bertz CT molecular complexity index is 468. The minimum absolute atomic E-state index is 0.00893. The van der Waals surface area contributed by atoms with Gasteiger partial charge in [-0.15, -0.1) is 0 Å². The molecule has 0 atom stereocenters. The zero-order valence-corrected chi connectivity index (χ0v) is 10.4. The van der Waals surface area contributed by atoms with Crippen LogP contribution in [0.5, 0.6) is 0 Å². The molecule has 1 fully saturated rings. The lowest BCUT2D eigenvalue weighted by Gasteiger charge is -2.35. The topological polar surface area (TPSA) is 36.4 Å². The summed E-state index contributed by atoms with van der Waals surface area (Å²) in [6.07, 6.45) is -3.27. The third-order valence-electron chi connectivity index (χ3n) is 3.12. The van der Waals surface area contributed by atoms with Crippen LogP contribution in [0.1, 0.15) is 12.6 Å². The van der Waals surface area contributed by atoms with Crippen molar-refractivity contribution in [1.29, 1.82) is 0 Å². The molecule has 0 N–H and O–H groups in total. The van der Waals surface area contributed by atoms with Crippen LogP contribution in [0, 0.1) is 0 Å². The number of carbonyl (C=O) groups excluding carboxylic acids is 1. The van der Waals surface area contributed by atoms with Gasteiger partial charge in [-0.2, -0.15) is 13.2 Å². The van der Waals surface area contributed by atoms with E-state index < -0.39 is 11.9 Å². The molecule has 0 spiro atoms. The Kier molecular flexibility index (Phi) is 3.64. The molecule has 104 valence electrons. The molecular weight excluding hydrogens is 259 g/mol. The molecule has 0 unspecified atom stereocenters. The molecule has 0 bridgehead atoms. The fourth-order valence-corrected chi connectivity index (χ4v) is 2.05. The Labute approximate surface area is 108 Å². The van der Waals surface area contributed by atoms with E-state index in [1.54, 1.807) is 11.0 Å². The number of rotatable bonds is 1. The number of nitrogens with zero attached hydrogens (tertiary/aromatic N) is 3. The molecule has 0 radical (unpaired) electrons. The fraction of sp³-hybridized carbons (Fsp3) is 0.500. The minimum Gasteiger partial charge on any atom is -0.368 e. The normalized spacial score (nSPS) is 16.6. The molecular formula is C12H14F3N3O. The summed E-state index contributed by atoms with van der Waals surface area (Å²) in [6, 6.07) is 2.60. The molecule has 4 nitrogen and oxygen atoms in total. The Balaban J connectivity index is 2.10. The van der Waals surface area contributed by atoms with Gasteiger partial charge in [0.15, 0.2) is 0 Å². The smallest absolute Gasteiger partial charge is 0.368 e. The molecule has 0 saturated carbocycles. The average molecular weight is 273 g/mol. The zero-order valence-electron chi connectivity index (χ0n) is 10.4. The van der Waals surface area contributed by atoms with Crippen LogP contribution in [-0.2, 0) is 11.0 Å². The lowest BCUT2D eigenvalue weighted by Crippen LogP contribution is -2.48. The summed E-state index contributed by atoms with van der Waals surface area (Å²) in [7, 11) is 0. The predicted molar refractivity (Wildman–Crippen MR) is 63.7 cm³/mol. The van der Waals surface area contributed by atoms with Gasteiger partial charge in [0.1, 0.15) is 5.69 Å². The van der Waals surface area contributed by atoms with Crippen LogP contribution < -0.4 is 4.90 Å². The van der Waals surface area contributed by atoms with E-state index in [9.17, 15) is 18.0 Å². The van der Waals surface area contributed by atoms with Gasteiger partial charge in [-0.25, -0.2) is 0 Å². The van der Waals surface area contributed by atoms with Gasteiger partial charge < -0.3 is 9.80 Å². The standard InChI is InChI=1S/C12H14F3N3O/c1-9(19)17-4-6-18(7-5-17)10-2-3-16-11(8-10)12(13,14)15/h2-3,8H,4-7H2,1H3. The maximum atomic E-state index is 12.6. The van der Waals surface area contributed by atoms with Crippen molar-refractivity contribution in [2.24, 2.45) is 0 Å². The first-order valence-corrected chi connectivity index (χ1v) is 5.91.